The molecule has 0 spiro atoms. The SMILES string of the molecule is C[C@@H]1CN(C(=O)c2ccc(C(F)(F)F)cc2)C[C@H]1C(N)=O. The van der Waals surface area contributed by atoms with Gasteiger partial charge in [0.05, 0.1) is 11.5 Å². The number of amides is 2. The van der Waals surface area contributed by atoms with Gasteiger partial charge in [-0.15, -0.1) is 0 Å². The van der Waals surface area contributed by atoms with Crippen molar-refractivity contribution in [1.29, 1.82) is 0 Å². The number of rotatable bonds is 2. The van der Waals surface area contributed by atoms with Gasteiger partial charge in [-0.05, 0) is 30.2 Å². The maximum absolute atomic E-state index is 12.5. The fourth-order valence-electron chi connectivity index (χ4n) is 2.49. The Morgan fingerprint density at radius 3 is 2.19 bits per heavy atom. The molecule has 1 aliphatic heterocycles. The third-order valence-electron chi connectivity index (χ3n) is 3.72. The molecule has 21 heavy (non-hydrogen) atoms. The van der Waals surface area contributed by atoms with Crippen LogP contribution in [0.2, 0.25) is 0 Å². The van der Waals surface area contributed by atoms with Gasteiger partial charge in [0.2, 0.25) is 5.91 Å². The third-order valence-corrected chi connectivity index (χ3v) is 3.72. The van der Waals surface area contributed by atoms with Gasteiger partial charge in [-0.1, -0.05) is 6.92 Å². The van der Waals surface area contributed by atoms with E-state index in [0.717, 1.165) is 24.3 Å². The minimum atomic E-state index is -4.43. The molecular weight excluding hydrogens is 285 g/mol. The Morgan fingerprint density at radius 2 is 1.76 bits per heavy atom. The molecule has 2 atom stereocenters. The lowest BCUT2D eigenvalue weighted by Crippen LogP contribution is -2.32. The molecular formula is C14H15F3N2O2. The Kier molecular flexibility index (Phi) is 3.93. The van der Waals surface area contributed by atoms with Crippen molar-refractivity contribution in [3.63, 3.8) is 0 Å². The van der Waals surface area contributed by atoms with Crippen molar-refractivity contribution in [1.82, 2.24) is 4.90 Å². The quantitative estimate of drug-likeness (QED) is 0.906. The fraction of sp³-hybridized carbons (Fsp3) is 0.429. The molecule has 1 heterocycles. The monoisotopic (exact) mass is 300 g/mol. The summed E-state index contributed by atoms with van der Waals surface area (Å²) in [5.41, 5.74) is 4.62. The van der Waals surface area contributed by atoms with Crippen LogP contribution in [0.1, 0.15) is 22.8 Å². The van der Waals surface area contributed by atoms with Crippen LogP contribution < -0.4 is 5.73 Å². The molecule has 0 aromatic heterocycles. The number of carbonyl (C=O) groups is 2. The summed E-state index contributed by atoms with van der Waals surface area (Å²) in [7, 11) is 0. The number of alkyl halides is 3. The number of likely N-dealkylation sites (tertiary alicyclic amines) is 1. The topological polar surface area (TPSA) is 63.4 Å². The minimum absolute atomic E-state index is 0.0547. The van der Waals surface area contributed by atoms with Crippen molar-refractivity contribution in [2.75, 3.05) is 13.1 Å². The second-order valence-electron chi connectivity index (χ2n) is 5.27. The summed E-state index contributed by atoms with van der Waals surface area (Å²) < 4.78 is 37.4. The van der Waals surface area contributed by atoms with Crippen molar-refractivity contribution >= 4 is 11.8 Å². The largest absolute Gasteiger partial charge is 0.416 e. The van der Waals surface area contributed by atoms with Crippen LogP contribution in [-0.2, 0) is 11.0 Å². The number of hydrogen-bond acceptors (Lipinski definition) is 2. The lowest BCUT2D eigenvalue weighted by Gasteiger charge is -2.16. The Balaban J connectivity index is 2.13. The number of hydrogen-bond donors (Lipinski definition) is 1. The Bertz CT molecular complexity index is 554. The molecule has 1 saturated heterocycles. The predicted molar refractivity (Wildman–Crippen MR) is 69.2 cm³/mol. The van der Waals surface area contributed by atoms with Crippen molar-refractivity contribution in [3.05, 3.63) is 35.4 Å². The molecule has 0 saturated carbocycles. The zero-order chi connectivity index (χ0) is 15.8. The molecule has 1 fully saturated rings. The van der Waals surface area contributed by atoms with E-state index in [4.69, 9.17) is 5.73 Å². The number of nitrogens with two attached hydrogens (primary N) is 1. The van der Waals surface area contributed by atoms with Crippen LogP contribution in [0.5, 0.6) is 0 Å². The lowest BCUT2D eigenvalue weighted by molar-refractivity contribution is -0.137. The fourth-order valence-corrected chi connectivity index (χ4v) is 2.49. The molecule has 0 bridgehead atoms. The van der Waals surface area contributed by atoms with Gasteiger partial charge >= 0.3 is 6.18 Å². The van der Waals surface area contributed by atoms with E-state index in [2.05, 4.69) is 0 Å². The summed E-state index contributed by atoms with van der Waals surface area (Å²) in [6, 6.07) is 4.04. The van der Waals surface area contributed by atoms with Gasteiger partial charge in [-0.2, -0.15) is 13.2 Å². The average molecular weight is 300 g/mol. The molecule has 1 aromatic rings. The van der Waals surface area contributed by atoms with Gasteiger partial charge in [-0.3, -0.25) is 9.59 Å². The van der Waals surface area contributed by atoms with Gasteiger partial charge in [-0.25, -0.2) is 0 Å². The standard InChI is InChI=1S/C14H15F3N2O2/c1-8-6-19(7-11(8)12(18)20)13(21)9-2-4-10(5-3-9)14(15,16)17/h2-5,8,11H,6-7H2,1H3,(H2,18,20)/t8-,11-/m1/s1. The summed E-state index contributed by atoms with van der Waals surface area (Å²) in [5.74, 6) is -1.33. The van der Waals surface area contributed by atoms with Gasteiger partial charge in [0.15, 0.2) is 0 Å². The van der Waals surface area contributed by atoms with E-state index in [9.17, 15) is 22.8 Å². The molecule has 7 heteroatoms. The smallest absolute Gasteiger partial charge is 0.369 e. The first-order valence-corrected chi connectivity index (χ1v) is 6.46. The van der Waals surface area contributed by atoms with E-state index >= 15 is 0 Å². The zero-order valence-corrected chi connectivity index (χ0v) is 11.4. The average Bonchev–Trinajstić information content (AvgIpc) is 2.79. The Labute approximate surface area is 119 Å². The van der Waals surface area contributed by atoms with Crippen LogP contribution in [0.3, 0.4) is 0 Å². The van der Waals surface area contributed by atoms with E-state index in [-0.39, 0.29) is 23.9 Å². The van der Waals surface area contributed by atoms with Crippen molar-refractivity contribution in [2.24, 2.45) is 17.6 Å². The van der Waals surface area contributed by atoms with Gasteiger partial charge < -0.3 is 10.6 Å². The number of primary amides is 1. The Hall–Kier alpha value is -2.05. The molecule has 2 rings (SSSR count). The maximum Gasteiger partial charge on any atom is 0.416 e. The number of carbonyl (C=O) groups excluding carboxylic acids is 2. The molecule has 1 aliphatic rings. The van der Waals surface area contributed by atoms with Crippen LogP contribution >= 0.6 is 0 Å². The molecule has 0 radical (unpaired) electrons. The van der Waals surface area contributed by atoms with Crippen LogP contribution in [-0.4, -0.2) is 29.8 Å². The first-order valence-electron chi connectivity index (χ1n) is 6.46. The van der Waals surface area contributed by atoms with E-state index in [1.807, 2.05) is 6.92 Å². The van der Waals surface area contributed by atoms with Crippen molar-refractivity contribution in [3.8, 4) is 0 Å². The molecule has 2 N–H and O–H groups in total. The first-order chi connectivity index (χ1) is 9.70. The lowest BCUT2D eigenvalue weighted by atomic mass is 9.98. The van der Waals surface area contributed by atoms with Gasteiger partial charge in [0.1, 0.15) is 0 Å². The number of benzene rings is 1. The third kappa shape index (κ3) is 3.17. The zero-order valence-electron chi connectivity index (χ0n) is 11.4. The molecule has 0 unspecified atom stereocenters. The van der Waals surface area contributed by atoms with Crippen LogP contribution in [0.15, 0.2) is 24.3 Å². The normalized spacial score (nSPS) is 22.4. The highest BCUT2D eigenvalue weighted by atomic mass is 19.4. The van der Waals surface area contributed by atoms with Crippen LogP contribution in [0, 0.1) is 11.8 Å². The summed E-state index contributed by atoms with van der Waals surface area (Å²) in [4.78, 5) is 24.9. The maximum atomic E-state index is 12.5. The molecule has 1 aromatic carbocycles. The Morgan fingerprint density at radius 1 is 1.19 bits per heavy atom. The molecule has 114 valence electrons. The summed E-state index contributed by atoms with van der Waals surface area (Å²) in [5, 5.41) is 0. The van der Waals surface area contributed by atoms with E-state index in [1.54, 1.807) is 0 Å². The van der Waals surface area contributed by atoms with Gasteiger partial charge in [0.25, 0.3) is 5.91 Å². The van der Waals surface area contributed by atoms with Crippen molar-refractivity contribution in [2.45, 2.75) is 13.1 Å². The highest BCUT2D eigenvalue weighted by molar-refractivity contribution is 5.95. The summed E-state index contributed by atoms with van der Waals surface area (Å²) >= 11 is 0. The highest BCUT2D eigenvalue weighted by Crippen LogP contribution is 2.30. The van der Waals surface area contributed by atoms with E-state index in [0.29, 0.717) is 6.54 Å². The van der Waals surface area contributed by atoms with E-state index in [1.165, 1.54) is 4.90 Å². The molecule has 4 nitrogen and oxygen atoms in total. The number of nitrogens with zero attached hydrogens (tertiary/aromatic N) is 1. The van der Waals surface area contributed by atoms with Crippen LogP contribution in [0.25, 0.3) is 0 Å². The minimum Gasteiger partial charge on any atom is -0.369 e. The van der Waals surface area contributed by atoms with E-state index < -0.39 is 23.6 Å². The molecule has 0 aliphatic carbocycles. The summed E-state index contributed by atoms with van der Waals surface area (Å²) in [6.45, 7) is 2.39. The summed E-state index contributed by atoms with van der Waals surface area (Å²) in [6.07, 6.45) is -4.43. The van der Waals surface area contributed by atoms with Crippen LogP contribution in [0.4, 0.5) is 13.2 Å². The number of halogens is 3. The molecule has 2 amide bonds. The highest BCUT2D eigenvalue weighted by Gasteiger charge is 2.36. The second-order valence-corrected chi connectivity index (χ2v) is 5.27. The first kappa shape index (κ1) is 15.3. The van der Waals surface area contributed by atoms with Gasteiger partial charge in [0, 0.05) is 18.7 Å². The predicted octanol–water partition coefficient (Wildman–Crippen LogP) is 1.90. The van der Waals surface area contributed by atoms with Crippen molar-refractivity contribution < 1.29 is 22.8 Å². The second kappa shape index (κ2) is 5.38.